The standard InChI is InChI=1S/C22H23F3N4O2/c1-2-11-31-19-5-4-17(22(23,24)25)12-18(19)28-21(30)16-7-9-29(10-8-16)20-6-3-15(13-26)14-27-20/h3-6,12,14,16H,2,7-11H2,1H3,(H,28,30). The minimum atomic E-state index is -4.51. The fourth-order valence-corrected chi connectivity index (χ4v) is 3.39. The summed E-state index contributed by atoms with van der Waals surface area (Å²) in [6.07, 6.45) is -1.24. The Bertz CT molecular complexity index is 947. The van der Waals surface area contributed by atoms with E-state index in [2.05, 4.69) is 10.3 Å². The van der Waals surface area contributed by atoms with Crippen molar-refractivity contribution in [3.8, 4) is 11.8 Å². The molecule has 1 aromatic heterocycles. The van der Waals surface area contributed by atoms with E-state index in [0.717, 1.165) is 18.0 Å². The third kappa shape index (κ3) is 5.66. The first kappa shape index (κ1) is 22.4. The third-order valence-electron chi connectivity index (χ3n) is 5.09. The van der Waals surface area contributed by atoms with E-state index in [0.29, 0.717) is 44.5 Å². The highest BCUT2D eigenvalue weighted by Gasteiger charge is 2.32. The normalized spacial score (nSPS) is 14.7. The Hall–Kier alpha value is -3.28. The maximum absolute atomic E-state index is 13.1. The average molecular weight is 432 g/mol. The summed E-state index contributed by atoms with van der Waals surface area (Å²) < 4.78 is 44.9. The molecular weight excluding hydrogens is 409 g/mol. The Morgan fingerprint density at radius 1 is 1.29 bits per heavy atom. The second kappa shape index (κ2) is 9.69. The fraction of sp³-hybridized carbons (Fsp3) is 0.409. The maximum Gasteiger partial charge on any atom is 0.416 e. The van der Waals surface area contributed by atoms with Gasteiger partial charge in [0.2, 0.25) is 5.91 Å². The van der Waals surface area contributed by atoms with Gasteiger partial charge in [-0.05, 0) is 49.6 Å². The molecule has 0 aliphatic carbocycles. The van der Waals surface area contributed by atoms with Gasteiger partial charge in [0.15, 0.2) is 0 Å². The number of nitrogens with zero attached hydrogens (tertiary/aromatic N) is 3. The molecule has 2 heterocycles. The van der Waals surface area contributed by atoms with Crippen molar-refractivity contribution in [3.63, 3.8) is 0 Å². The molecule has 0 atom stereocenters. The van der Waals surface area contributed by atoms with Crippen LogP contribution in [-0.4, -0.2) is 30.6 Å². The van der Waals surface area contributed by atoms with Crippen molar-refractivity contribution >= 4 is 17.4 Å². The molecule has 0 bridgehead atoms. The van der Waals surface area contributed by atoms with Crippen LogP contribution in [0.5, 0.6) is 5.75 Å². The number of benzene rings is 1. The number of rotatable bonds is 6. The number of piperidine rings is 1. The van der Waals surface area contributed by atoms with E-state index in [1.54, 1.807) is 12.1 Å². The molecule has 1 N–H and O–H groups in total. The lowest BCUT2D eigenvalue weighted by Gasteiger charge is -2.32. The van der Waals surface area contributed by atoms with E-state index in [1.807, 2.05) is 17.9 Å². The van der Waals surface area contributed by atoms with Crippen LogP contribution in [0.3, 0.4) is 0 Å². The number of alkyl halides is 3. The van der Waals surface area contributed by atoms with Gasteiger partial charge in [-0.25, -0.2) is 4.98 Å². The first-order valence-electron chi connectivity index (χ1n) is 10.1. The number of nitriles is 1. The number of pyridine rings is 1. The number of aromatic nitrogens is 1. The van der Waals surface area contributed by atoms with Crippen LogP contribution in [0.2, 0.25) is 0 Å². The number of hydrogen-bond acceptors (Lipinski definition) is 5. The van der Waals surface area contributed by atoms with Crippen LogP contribution in [-0.2, 0) is 11.0 Å². The number of hydrogen-bond donors (Lipinski definition) is 1. The van der Waals surface area contributed by atoms with Crippen molar-refractivity contribution in [2.75, 3.05) is 29.9 Å². The molecule has 0 unspecified atom stereocenters. The summed E-state index contributed by atoms with van der Waals surface area (Å²) in [4.78, 5) is 19.0. The zero-order valence-corrected chi connectivity index (χ0v) is 17.1. The molecule has 1 saturated heterocycles. The summed E-state index contributed by atoms with van der Waals surface area (Å²) in [7, 11) is 0. The molecule has 1 amide bonds. The Balaban J connectivity index is 1.66. The highest BCUT2D eigenvalue weighted by atomic mass is 19.4. The second-order valence-corrected chi connectivity index (χ2v) is 7.32. The lowest BCUT2D eigenvalue weighted by molar-refractivity contribution is -0.137. The zero-order valence-electron chi connectivity index (χ0n) is 17.1. The van der Waals surface area contributed by atoms with Crippen LogP contribution in [0.15, 0.2) is 36.5 Å². The first-order chi connectivity index (χ1) is 14.8. The number of nitrogens with one attached hydrogen (secondary N) is 1. The Morgan fingerprint density at radius 2 is 2.03 bits per heavy atom. The molecular formula is C22H23F3N4O2. The molecule has 3 rings (SSSR count). The lowest BCUT2D eigenvalue weighted by Crippen LogP contribution is -2.38. The fourth-order valence-electron chi connectivity index (χ4n) is 3.39. The average Bonchev–Trinajstić information content (AvgIpc) is 2.77. The summed E-state index contributed by atoms with van der Waals surface area (Å²) in [6, 6.07) is 8.57. The van der Waals surface area contributed by atoms with E-state index in [4.69, 9.17) is 10.00 Å². The summed E-state index contributed by atoms with van der Waals surface area (Å²) in [5.74, 6) is 0.296. The SMILES string of the molecule is CCCOc1ccc(C(F)(F)F)cc1NC(=O)C1CCN(c2ccc(C#N)cn2)CC1. The highest BCUT2D eigenvalue weighted by molar-refractivity contribution is 5.94. The number of halogens is 3. The van der Waals surface area contributed by atoms with Gasteiger partial charge in [0.1, 0.15) is 17.6 Å². The minimum absolute atomic E-state index is 0.0319. The molecule has 9 heteroatoms. The van der Waals surface area contributed by atoms with E-state index in [1.165, 1.54) is 12.3 Å². The third-order valence-corrected chi connectivity index (χ3v) is 5.09. The van der Waals surface area contributed by atoms with Gasteiger partial charge in [-0.15, -0.1) is 0 Å². The zero-order chi connectivity index (χ0) is 22.4. The van der Waals surface area contributed by atoms with Gasteiger partial charge in [0.25, 0.3) is 0 Å². The minimum Gasteiger partial charge on any atom is -0.491 e. The molecule has 2 aromatic rings. The van der Waals surface area contributed by atoms with Crippen LogP contribution >= 0.6 is 0 Å². The lowest BCUT2D eigenvalue weighted by atomic mass is 9.95. The molecule has 6 nitrogen and oxygen atoms in total. The number of carbonyl (C=O) groups excluding carboxylic acids is 1. The molecule has 0 radical (unpaired) electrons. The van der Waals surface area contributed by atoms with Gasteiger partial charge in [-0.1, -0.05) is 6.92 Å². The number of carbonyl (C=O) groups is 1. The molecule has 164 valence electrons. The predicted molar refractivity (Wildman–Crippen MR) is 110 cm³/mol. The van der Waals surface area contributed by atoms with E-state index in [9.17, 15) is 18.0 Å². The molecule has 1 fully saturated rings. The summed E-state index contributed by atoms with van der Waals surface area (Å²) in [5, 5.41) is 11.5. The first-order valence-corrected chi connectivity index (χ1v) is 10.1. The van der Waals surface area contributed by atoms with E-state index in [-0.39, 0.29) is 23.3 Å². The van der Waals surface area contributed by atoms with Gasteiger partial charge in [-0.3, -0.25) is 4.79 Å². The van der Waals surface area contributed by atoms with Gasteiger partial charge in [-0.2, -0.15) is 18.4 Å². The Kier molecular flexibility index (Phi) is 7.00. The molecule has 1 aromatic carbocycles. The van der Waals surface area contributed by atoms with Crippen LogP contribution in [0, 0.1) is 17.2 Å². The van der Waals surface area contributed by atoms with Gasteiger partial charge in [0, 0.05) is 25.2 Å². The molecule has 0 spiro atoms. The Labute approximate surface area is 178 Å². The van der Waals surface area contributed by atoms with Crippen molar-refractivity contribution in [1.82, 2.24) is 4.98 Å². The number of amides is 1. The monoisotopic (exact) mass is 432 g/mol. The molecule has 1 aliphatic rings. The predicted octanol–water partition coefficient (Wildman–Crippen LogP) is 4.62. The number of ether oxygens (including phenoxy) is 1. The topological polar surface area (TPSA) is 78.2 Å². The van der Waals surface area contributed by atoms with E-state index >= 15 is 0 Å². The van der Waals surface area contributed by atoms with Crippen LogP contribution in [0.1, 0.15) is 37.3 Å². The van der Waals surface area contributed by atoms with Crippen molar-refractivity contribution < 1.29 is 22.7 Å². The van der Waals surface area contributed by atoms with E-state index < -0.39 is 11.7 Å². The highest BCUT2D eigenvalue weighted by Crippen LogP contribution is 2.35. The van der Waals surface area contributed by atoms with Crippen LogP contribution in [0.25, 0.3) is 0 Å². The van der Waals surface area contributed by atoms with Crippen molar-refractivity contribution in [1.29, 1.82) is 5.26 Å². The van der Waals surface area contributed by atoms with Crippen LogP contribution in [0.4, 0.5) is 24.7 Å². The van der Waals surface area contributed by atoms with Gasteiger partial charge in [0.05, 0.1) is 23.4 Å². The number of anilines is 2. The molecule has 31 heavy (non-hydrogen) atoms. The largest absolute Gasteiger partial charge is 0.491 e. The smallest absolute Gasteiger partial charge is 0.416 e. The molecule has 0 saturated carbocycles. The summed E-state index contributed by atoms with van der Waals surface area (Å²) >= 11 is 0. The van der Waals surface area contributed by atoms with Crippen molar-refractivity contribution in [2.24, 2.45) is 5.92 Å². The maximum atomic E-state index is 13.1. The summed E-state index contributed by atoms with van der Waals surface area (Å²) in [5.41, 5.74) is -0.335. The van der Waals surface area contributed by atoms with Gasteiger partial charge >= 0.3 is 6.18 Å². The van der Waals surface area contributed by atoms with Crippen molar-refractivity contribution in [3.05, 3.63) is 47.7 Å². The van der Waals surface area contributed by atoms with Gasteiger partial charge < -0.3 is 15.0 Å². The molecule has 1 aliphatic heterocycles. The van der Waals surface area contributed by atoms with Crippen LogP contribution < -0.4 is 15.0 Å². The Morgan fingerprint density at radius 3 is 2.61 bits per heavy atom. The van der Waals surface area contributed by atoms with Crippen molar-refractivity contribution in [2.45, 2.75) is 32.4 Å². The quantitative estimate of drug-likeness (QED) is 0.721. The summed E-state index contributed by atoms with van der Waals surface area (Å²) in [6.45, 7) is 3.39. The second-order valence-electron chi connectivity index (χ2n) is 7.32.